The summed E-state index contributed by atoms with van der Waals surface area (Å²) in [6.07, 6.45) is 1.33. The Morgan fingerprint density at radius 3 is 2.29 bits per heavy atom. The van der Waals surface area contributed by atoms with E-state index in [2.05, 4.69) is 5.32 Å². The standard InChI is InChI=1S/C20H25FN2O3S2/c1-4-19(23(28(3,25)26)17-9-7-16(21)8-10-17)20(24)22-13-14-27-18-11-5-15(2)6-12-18/h5-12,19H,4,13-14H2,1-3H3,(H,22,24)/t19-/m1/s1. The number of nitrogens with zero attached hydrogens (tertiary/aromatic N) is 1. The normalized spacial score (nSPS) is 12.4. The molecule has 0 aliphatic carbocycles. The Balaban J connectivity index is 2.02. The maximum Gasteiger partial charge on any atom is 0.243 e. The molecule has 0 unspecified atom stereocenters. The number of halogens is 1. The predicted molar refractivity (Wildman–Crippen MR) is 113 cm³/mol. The lowest BCUT2D eigenvalue weighted by Gasteiger charge is -2.30. The lowest BCUT2D eigenvalue weighted by molar-refractivity contribution is -0.122. The van der Waals surface area contributed by atoms with Crippen molar-refractivity contribution in [2.45, 2.75) is 31.2 Å². The van der Waals surface area contributed by atoms with Gasteiger partial charge >= 0.3 is 0 Å². The van der Waals surface area contributed by atoms with Gasteiger partial charge in [0.2, 0.25) is 15.9 Å². The Labute approximate surface area is 170 Å². The third-order valence-electron chi connectivity index (χ3n) is 4.10. The van der Waals surface area contributed by atoms with Gasteiger partial charge in [0.1, 0.15) is 11.9 Å². The Hall–Kier alpha value is -2.06. The summed E-state index contributed by atoms with van der Waals surface area (Å²) in [4.78, 5) is 13.8. The van der Waals surface area contributed by atoms with Crippen LogP contribution in [0.25, 0.3) is 0 Å². The molecule has 1 N–H and O–H groups in total. The van der Waals surface area contributed by atoms with Crippen LogP contribution < -0.4 is 9.62 Å². The minimum Gasteiger partial charge on any atom is -0.353 e. The van der Waals surface area contributed by atoms with Crippen LogP contribution in [0.4, 0.5) is 10.1 Å². The SMILES string of the molecule is CC[C@H](C(=O)NCCSc1ccc(C)cc1)N(c1ccc(F)cc1)S(C)(=O)=O. The highest BCUT2D eigenvalue weighted by Crippen LogP contribution is 2.23. The summed E-state index contributed by atoms with van der Waals surface area (Å²) < 4.78 is 38.9. The van der Waals surface area contributed by atoms with Crippen molar-refractivity contribution in [3.8, 4) is 0 Å². The van der Waals surface area contributed by atoms with E-state index in [1.54, 1.807) is 18.7 Å². The van der Waals surface area contributed by atoms with Crippen LogP contribution in [0.5, 0.6) is 0 Å². The lowest BCUT2D eigenvalue weighted by Crippen LogP contribution is -2.49. The van der Waals surface area contributed by atoms with Crippen molar-refractivity contribution in [2.75, 3.05) is 22.9 Å². The molecule has 8 heteroatoms. The maximum absolute atomic E-state index is 13.2. The molecule has 0 aliphatic rings. The molecule has 152 valence electrons. The first-order chi connectivity index (χ1) is 13.2. The van der Waals surface area contributed by atoms with Crippen molar-refractivity contribution < 1.29 is 17.6 Å². The van der Waals surface area contributed by atoms with Crippen molar-refractivity contribution in [3.05, 3.63) is 59.9 Å². The number of sulfonamides is 1. The molecule has 2 rings (SSSR count). The molecular formula is C20H25FN2O3S2. The molecular weight excluding hydrogens is 399 g/mol. The lowest BCUT2D eigenvalue weighted by atomic mass is 10.2. The van der Waals surface area contributed by atoms with Crippen LogP contribution in [0.1, 0.15) is 18.9 Å². The van der Waals surface area contributed by atoms with Crippen molar-refractivity contribution in [2.24, 2.45) is 0 Å². The van der Waals surface area contributed by atoms with Gasteiger partial charge in [-0.25, -0.2) is 12.8 Å². The van der Waals surface area contributed by atoms with Crippen LogP contribution in [0.15, 0.2) is 53.4 Å². The van der Waals surface area contributed by atoms with E-state index in [1.807, 2.05) is 31.2 Å². The third kappa shape index (κ3) is 6.24. The molecule has 0 saturated carbocycles. The number of benzene rings is 2. The molecule has 0 saturated heterocycles. The number of anilines is 1. The predicted octanol–water partition coefficient (Wildman–Crippen LogP) is 3.59. The highest BCUT2D eigenvalue weighted by Gasteiger charge is 2.31. The monoisotopic (exact) mass is 424 g/mol. The van der Waals surface area contributed by atoms with Crippen LogP contribution >= 0.6 is 11.8 Å². The van der Waals surface area contributed by atoms with Gasteiger partial charge in [0.15, 0.2) is 0 Å². The number of nitrogens with one attached hydrogen (secondary N) is 1. The van der Waals surface area contributed by atoms with Crippen LogP contribution in [0.3, 0.4) is 0 Å². The fraction of sp³-hybridized carbons (Fsp3) is 0.350. The maximum atomic E-state index is 13.2. The second-order valence-electron chi connectivity index (χ2n) is 6.41. The highest BCUT2D eigenvalue weighted by molar-refractivity contribution is 7.99. The second kappa shape index (κ2) is 9.93. The molecule has 1 atom stereocenters. The summed E-state index contributed by atoms with van der Waals surface area (Å²) in [5.41, 5.74) is 1.45. The summed E-state index contributed by atoms with van der Waals surface area (Å²) in [6.45, 7) is 4.18. The van der Waals surface area contributed by atoms with Gasteiger partial charge in [-0.05, 0) is 49.7 Å². The first-order valence-electron chi connectivity index (χ1n) is 8.94. The van der Waals surface area contributed by atoms with Crippen LogP contribution in [-0.4, -0.2) is 38.9 Å². The number of hydrogen-bond donors (Lipinski definition) is 1. The molecule has 0 spiro atoms. The van der Waals surface area contributed by atoms with Crippen molar-refractivity contribution in [1.82, 2.24) is 5.32 Å². The zero-order chi connectivity index (χ0) is 20.7. The van der Waals surface area contributed by atoms with Gasteiger partial charge in [-0.3, -0.25) is 9.10 Å². The Morgan fingerprint density at radius 2 is 1.75 bits per heavy atom. The van der Waals surface area contributed by atoms with Crippen molar-refractivity contribution >= 4 is 33.4 Å². The van der Waals surface area contributed by atoms with Gasteiger partial charge in [0, 0.05) is 17.2 Å². The largest absolute Gasteiger partial charge is 0.353 e. The number of hydrogen-bond acceptors (Lipinski definition) is 4. The molecule has 5 nitrogen and oxygen atoms in total. The zero-order valence-corrected chi connectivity index (χ0v) is 17.8. The average Bonchev–Trinajstić information content (AvgIpc) is 2.64. The van der Waals surface area contributed by atoms with Gasteiger partial charge in [-0.1, -0.05) is 24.6 Å². The molecule has 0 fully saturated rings. The second-order valence-corrected chi connectivity index (χ2v) is 9.44. The Kier molecular flexibility index (Phi) is 7.88. The van der Waals surface area contributed by atoms with Gasteiger partial charge in [0.05, 0.1) is 11.9 Å². The minimum atomic E-state index is -3.72. The Bertz CT molecular complexity index is 885. The third-order valence-corrected chi connectivity index (χ3v) is 6.30. The first kappa shape index (κ1) is 22.2. The highest BCUT2D eigenvalue weighted by atomic mass is 32.2. The summed E-state index contributed by atoms with van der Waals surface area (Å²) in [6, 6.07) is 12.3. The Morgan fingerprint density at radius 1 is 1.14 bits per heavy atom. The van der Waals surface area contributed by atoms with E-state index >= 15 is 0 Å². The number of carbonyl (C=O) groups is 1. The molecule has 2 aromatic carbocycles. The number of thioether (sulfide) groups is 1. The number of rotatable bonds is 9. The first-order valence-corrected chi connectivity index (χ1v) is 11.8. The van der Waals surface area contributed by atoms with Gasteiger partial charge in [-0.15, -0.1) is 11.8 Å². The van der Waals surface area contributed by atoms with E-state index in [4.69, 9.17) is 0 Å². The number of amides is 1. The van der Waals surface area contributed by atoms with Crippen molar-refractivity contribution in [3.63, 3.8) is 0 Å². The molecule has 0 aromatic heterocycles. The minimum absolute atomic E-state index is 0.264. The van der Waals surface area contributed by atoms with E-state index in [-0.39, 0.29) is 11.6 Å². The summed E-state index contributed by atoms with van der Waals surface area (Å²) in [5, 5.41) is 2.81. The van der Waals surface area contributed by atoms with Crippen molar-refractivity contribution in [1.29, 1.82) is 0 Å². The molecule has 28 heavy (non-hydrogen) atoms. The van der Waals surface area contributed by atoms with Gasteiger partial charge in [0.25, 0.3) is 0 Å². The summed E-state index contributed by atoms with van der Waals surface area (Å²) in [7, 11) is -3.72. The quantitative estimate of drug-likeness (QED) is 0.494. The van der Waals surface area contributed by atoms with E-state index in [9.17, 15) is 17.6 Å². The van der Waals surface area contributed by atoms with Crippen LogP contribution in [0, 0.1) is 12.7 Å². The van der Waals surface area contributed by atoms with E-state index in [0.29, 0.717) is 18.7 Å². The molecule has 1 amide bonds. The number of aryl methyl sites for hydroxylation is 1. The topological polar surface area (TPSA) is 66.5 Å². The summed E-state index contributed by atoms with van der Waals surface area (Å²) in [5.74, 6) is -0.176. The average molecular weight is 425 g/mol. The fourth-order valence-corrected chi connectivity index (χ4v) is 4.72. The van der Waals surface area contributed by atoms with Gasteiger partial charge < -0.3 is 5.32 Å². The van der Waals surface area contributed by atoms with E-state index in [1.165, 1.54) is 29.8 Å². The molecule has 0 aliphatic heterocycles. The molecule has 0 heterocycles. The van der Waals surface area contributed by atoms with Crippen LogP contribution in [0.2, 0.25) is 0 Å². The smallest absolute Gasteiger partial charge is 0.243 e. The molecule has 0 radical (unpaired) electrons. The van der Waals surface area contributed by atoms with Gasteiger partial charge in [-0.2, -0.15) is 0 Å². The summed E-state index contributed by atoms with van der Waals surface area (Å²) >= 11 is 1.61. The van der Waals surface area contributed by atoms with E-state index in [0.717, 1.165) is 15.5 Å². The van der Waals surface area contributed by atoms with Crippen LogP contribution in [-0.2, 0) is 14.8 Å². The number of carbonyl (C=O) groups excluding carboxylic acids is 1. The molecule has 0 bridgehead atoms. The molecule has 2 aromatic rings. The zero-order valence-electron chi connectivity index (χ0n) is 16.2. The fourth-order valence-electron chi connectivity index (χ4n) is 2.74. The van der Waals surface area contributed by atoms with E-state index < -0.39 is 21.9 Å².